The molecular weight excluding hydrogens is 396 g/mol. The molecule has 5 rings (SSSR count). The molecule has 3 aliphatic rings. The Labute approximate surface area is 180 Å². The monoisotopic (exact) mass is 422 g/mol. The van der Waals surface area contributed by atoms with E-state index in [0.29, 0.717) is 30.3 Å². The van der Waals surface area contributed by atoms with Crippen LogP contribution in [0.5, 0.6) is 11.5 Å². The van der Waals surface area contributed by atoms with Gasteiger partial charge >= 0.3 is 0 Å². The van der Waals surface area contributed by atoms with Crippen molar-refractivity contribution >= 4 is 17.6 Å². The smallest absolute Gasteiger partial charge is 0.236 e. The summed E-state index contributed by atoms with van der Waals surface area (Å²) in [5.74, 6) is 0.790. The van der Waals surface area contributed by atoms with Gasteiger partial charge in [-0.1, -0.05) is 12.8 Å². The maximum atomic E-state index is 13.1. The summed E-state index contributed by atoms with van der Waals surface area (Å²) in [7, 11) is 0. The Morgan fingerprint density at radius 3 is 2.48 bits per heavy atom. The van der Waals surface area contributed by atoms with Crippen molar-refractivity contribution in [2.75, 3.05) is 19.8 Å². The zero-order valence-corrected chi connectivity index (χ0v) is 17.9. The molecule has 1 aromatic heterocycles. The van der Waals surface area contributed by atoms with Crippen molar-refractivity contribution < 1.29 is 23.9 Å². The van der Waals surface area contributed by atoms with Crippen LogP contribution in [0.2, 0.25) is 0 Å². The summed E-state index contributed by atoms with van der Waals surface area (Å²) in [4.78, 5) is 39.8. The van der Waals surface area contributed by atoms with E-state index in [2.05, 4.69) is 0 Å². The van der Waals surface area contributed by atoms with Gasteiger partial charge in [0.05, 0.1) is 12.0 Å². The van der Waals surface area contributed by atoms with E-state index in [0.717, 1.165) is 42.8 Å². The van der Waals surface area contributed by atoms with Crippen LogP contribution in [-0.4, -0.2) is 46.8 Å². The fourth-order valence-corrected chi connectivity index (χ4v) is 5.30. The third-order valence-electron chi connectivity index (χ3n) is 6.87. The molecule has 0 atom stereocenters. The van der Waals surface area contributed by atoms with Crippen LogP contribution in [0.4, 0.5) is 0 Å². The fourth-order valence-electron chi connectivity index (χ4n) is 5.30. The second-order valence-electron chi connectivity index (χ2n) is 8.82. The Hall–Kier alpha value is -3.09. The van der Waals surface area contributed by atoms with Gasteiger partial charge in [-0.3, -0.25) is 19.3 Å². The van der Waals surface area contributed by atoms with Gasteiger partial charge < -0.3 is 14.0 Å². The molecule has 162 valence electrons. The molecule has 1 saturated heterocycles. The normalized spacial score (nSPS) is 19.5. The Morgan fingerprint density at radius 1 is 1.03 bits per heavy atom. The topological polar surface area (TPSA) is 77.8 Å². The maximum Gasteiger partial charge on any atom is 0.236 e. The lowest BCUT2D eigenvalue weighted by molar-refractivity contribution is -0.140. The molecule has 2 amide bonds. The van der Waals surface area contributed by atoms with Crippen LogP contribution in [-0.2, 0) is 9.59 Å². The number of hydrogen-bond acceptors (Lipinski definition) is 5. The largest absolute Gasteiger partial charge is 0.486 e. The number of fused-ring (bicyclic) bond motifs is 1. The number of nitrogens with zero attached hydrogens (tertiary/aromatic N) is 2. The minimum Gasteiger partial charge on any atom is -0.486 e. The Bertz CT molecular complexity index is 1090. The molecule has 0 N–H and O–H groups in total. The highest BCUT2D eigenvalue weighted by molar-refractivity contribution is 6.10. The third-order valence-corrected chi connectivity index (χ3v) is 6.87. The number of carbonyl (C=O) groups excluding carboxylic acids is 3. The summed E-state index contributed by atoms with van der Waals surface area (Å²) in [5.41, 5.74) is 2.51. The third kappa shape index (κ3) is 3.14. The summed E-state index contributed by atoms with van der Waals surface area (Å²) in [6, 6.07) is 7.52. The van der Waals surface area contributed by atoms with Crippen molar-refractivity contribution in [2.45, 2.75) is 46.0 Å². The minimum absolute atomic E-state index is 0.163. The number of ketones is 1. The first-order chi connectivity index (χ1) is 14.9. The molecule has 0 unspecified atom stereocenters. The summed E-state index contributed by atoms with van der Waals surface area (Å²) in [6.45, 7) is 4.65. The number of rotatable bonds is 4. The Balaban J connectivity index is 1.41. The van der Waals surface area contributed by atoms with Crippen molar-refractivity contribution in [3.8, 4) is 17.2 Å². The van der Waals surface area contributed by atoms with E-state index < -0.39 is 5.41 Å². The summed E-state index contributed by atoms with van der Waals surface area (Å²) >= 11 is 0. The highest BCUT2D eigenvalue weighted by Gasteiger charge is 2.52. The molecule has 0 radical (unpaired) electrons. The number of carbonyl (C=O) groups is 3. The lowest BCUT2D eigenvalue weighted by atomic mass is 9.84. The van der Waals surface area contributed by atoms with Crippen molar-refractivity contribution in [3.05, 3.63) is 41.2 Å². The van der Waals surface area contributed by atoms with Crippen LogP contribution in [0.1, 0.15) is 53.8 Å². The quantitative estimate of drug-likeness (QED) is 0.558. The van der Waals surface area contributed by atoms with Crippen molar-refractivity contribution in [3.63, 3.8) is 0 Å². The highest BCUT2D eigenvalue weighted by atomic mass is 16.6. The molecule has 2 aromatic rings. The van der Waals surface area contributed by atoms with Crippen LogP contribution in [0, 0.1) is 19.3 Å². The van der Waals surface area contributed by atoms with Crippen molar-refractivity contribution in [1.82, 2.24) is 9.47 Å². The van der Waals surface area contributed by atoms with Crippen LogP contribution in [0.3, 0.4) is 0 Å². The van der Waals surface area contributed by atoms with E-state index in [1.807, 2.05) is 42.7 Å². The first kappa shape index (κ1) is 19.8. The molecule has 3 heterocycles. The standard InChI is InChI=1S/C24H26N2O5/c1-15-11-18(16(2)26(15)17-5-6-20-21(12-17)31-10-9-30-20)19(27)14-25-22(28)13-24(23(25)29)7-3-4-8-24/h5-6,11-12H,3-4,7-10,13-14H2,1-2H3. The van der Waals surface area contributed by atoms with Gasteiger partial charge in [-0.15, -0.1) is 0 Å². The molecule has 0 bridgehead atoms. The van der Waals surface area contributed by atoms with E-state index in [4.69, 9.17) is 9.47 Å². The van der Waals surface area contributed by atoms with Gasteiger partial charge in [-0.25, -0.2) is 0 Å². The zero-order chi connectivity index (χ0) is 21.8. The van der Waals surface area contributed by atoms with Crippen molar-refractivity contribution in [2.24, 2.45) is 5.41 Å². The average molecular weight is 422 g/mol. The molecule has 1 aliphatic carbocycles. The number of hydrogen-bond donors (Lipinski definition) is 0. The van der Waals surface area contributed by atoms with Crippen LogP contribution >= 0.6 is 0 Å². The highest BCUT2D eigenvalue weighted by Crippen LogP contribution is 2.46. The molecule has 2 fully saturated rings. The van der Waals surface area contributed by atoms with E-state index in [1.165, 1.54) is 4.90 Å². The van der Waals surface area contributed by atoms with Crippen LogP contribution < -0.4 is 9.47 Å². The number of amides is 2. The molecule has 7 nitrogen and oxygen atoms in total. The summed E-state index contributed by atoms with van der Waals surface area (Å²) in [5, 5.41) is 0. The number of imide groups is 1. The van der Waals surface area contributed by atoms with Crippen LogP contribution in [0.25, 0.3) is 5.69 Å². The number of aryl methyl sites for hydroxylation is 1. The molecular formula is C24H26N2O5. The molecule has 31 heavy (non-hydrogen) atoms. The Kier molecular flexibility index (Phi) is 4.64. The molecule has 1 spiro atoms. The first-order valence-electron chi connectivity index (χ1n) is 10.9. The van der Waals surface area contributed by atoms with Gasteiger partial charge in [0.2, 0.25) is 11.8 Å². The maximum absolute atomic E-state index is 13.1. The lowest BCUT2D eigenvalue weighted by Gasteiger charge is -2.20. The number of benzene rings is 1. The molecule has 1 saturated carbocycles. The van der Waals surface area contributed by atoms with Gasteiger partial charge in [0, 0.05) is 35.1 Å². The predicted molar refractivity (Wildman–Crippen MR) is 113 cm³/mol. The predicted octanol–water partition coefficient (Wildman–Crippen LogP) is 3.37. The molecule has 2 aliphatic heterocycles. The molecule has 1 aromatic carbocycles. The van der Waals surface area contributed by atoms with Crippen LogP contribution in [0.15, 0.2) is 24.3 Å². The van der Waals surface area contributed by atoms with Gasteiger partial charge in [0.25, 0.3) is 0 Å². The Morgan fingerprint density at radius 2 is 1.74 bits per heavy atom. The average Bonchev–Trinajstić information content (AvgIpc) is 3.41. The fraction of sp³-hybridized carbons (Fsp3) is 0.458. The number of ether oxygens (including phenoxy) is 2. The second-order valence-corrected chi connectivity index (χ2v) is 8.82. The number of aromatic nitrogens is 1. The van der Waals surface area contributed by atoms with E-state index in [9.17, 15) is 14.4 Å². The zero-order valence-electron chi connectivity index (χ0n) is 17.9. The second kappa shape index (κ2) is 7.25. The van der Waals surface area contributed by atoms with E-state index in [-0.39, 0.29) is 30.6 Å². The number of likely N-dealkylation sites (tertiary alicyclic amines) is 1. The van der Waals surface area contributed by atoms with E-state index in [1.54, 1.807) is 0 Å². The van der Waals surface area contributed by atoms with Gasteiger partial charge in [0.1, 0.15) is 13.2 Å². The first-order valence-corrected chi connectivity index (χ1v) is 10.9. The van der Waals surface area contributed by atoms with Crippen molar-refractivity contribution in [1.29, 1.82) is 0 Å². The lowest BCUT2D eigenvalue weighted by Crippen LogP contribution is -2.38. The van der Waals surface area contributed by atoms with Gasteiger partial charge in [-0.2, -0.15) is 0 Å². The SMILES string of the molecule is Cc1cc(C(=O)CN2C(=O)CC3(CCCC3)C2=O)c(C)n1-c1ccc2c(c1)OCCO2. The van der Waals surface area contributed by atoms with Gasteiger partial charge in [-0.05, 0) is 44.9 Å². The number of Topliss-reactive ketones (excluding diaryl/α,β-unsaturated/α-hetero) is 1. The van der Waals surface area contributed by atoms with E-state index >= 15 is 0 Å². The summed E-state index contributed by atoms with van der Waals surface area (Å²) in [6.07, 6.45) is 3.69. The minimum atomic E-state index is -0.556. The van der Waals surface area contributed by atoms with Gasteiger partial charge in [0.15, 0.2) is 17.3 Å². The molecule has 7 heteroatoms. The summed E-state index contributed by atoms with van der Waals surface area (Å²) < 4.78 is 13.3.